The second kappa shape index (κ2) is 5.34. The number of ether oxygens (including phenoxy) is 1. The Hall–Kier alpha value is -1.32. The molecule has 0 spiro atoms. The van der Waals surface area contributed by atoms with Gasteiger partial charge in [-0.3, -0.25) is 0 Å². The Morgan fingerprint density at radius 2 is 2.06 bits per heavy atom. The number of benzene rings is 1. The van der Waals surface area contributed by atoms with Crippen molar-refractivity contribution in [3.63, 3.8) is 0 Å². The summed E-state index contributed by atoms with van der Waals surface area (Å²) >= 11 is 11.5. The quantitative estimate of drug-likeness (QED) is 0.772. The van der Waals surface area contributed by atoms with E-state index in [1.807, 2.05) is 0 Å². The maximum atomic E-state index is 12.8. The molecule has 0 aliphatic carbocycles. The molecule has 1 heterocycles. The first-order chi connectivity index (χ1) is 8.19. The van der Waals surface area contributed by atoms with Crippen LogP contribution in [0, 0.1) is 5.82 Å². The Balaban J connectivity index is 2.25. The summed E-state index contributed by atoms with van der Waals surface area (Å²) in [5.74, 6) is 0.685. The molecular formula is C12H8Cl2FNO. The third-order valence-electron chi connectivity index (χ3n) is 2.06. The van der Waals surface area contributed by atoms with E-state index >= 15 is 0 Å². The molecule has 2 rings (SSSR count). The largest absolute Gasteiger partial charge is 0.437 e. The van der Waals surface area contributed by atoms with E-state index in [4.69, 9.17) is 27.9 Å². The highest BCUT2D eigenvalue weighted by atomic mass is 35.5. The molecule has 0 saturated heterocycles. The molecule has 0 bridgehead atoms. The lowest BCUT2D eigenvalue weighted by atomic mass is 10.3. The van der Waals surface area contributed by atoms with E-state index in [1.54, 1.807) is 18.3 Å². The summed E-state index contributed by atoms with van der Waals surface area (Å²) in [6, 6.07) is 7.39. The van der Waals surface area contributed by atoms with Crippen LogP contribution in [0.15, 0.2) is 36.5 Å². The van der Waals surface area contributed by atoms with Crippen molar-refractivity contribution >= 4 is 23.2 Å². The molecule has 0 unspecified atom stereocenters. The fourth-order valence-corrected chi connectivity index (χ4v) is 1.63. The molecule has 0 aliphatic rings. The van der Waals surface area contributed by atoms with Crippen molar-refractivity contribution in [3.05, 3.63) is 52.9 Å². The van der Waals surface area contributed by atoms with E-state index in [2.05, 4.69) is 4.98 Å². The normalized spacial score (nSPS) is 10.3. The minimum atomic E-state index is -0.412. The fraction of sp³-hybridized carbons (Fsp3) is 0.0833. The van der Waals surface area contributed by atoms with E-state index < -0.39 is 5.82 Å². The molecule has 0 radical (unpaired) electrons. The number of pyridine rings is 1. The second-order valence-corrected chi connectivity index (χ2v) is 3.99. The SMILES string of the molecule is Fc1ccc(Oc2cc(CCl)ccn2)c(Cl)c1. The van der Waals surface area contributed by atoms with Crippen molar-refractivity contribution in [1.29, 1.82) is 0 Å². The summed E-state index contributed by atoms with van der Waals surface area (Å²) in [5.41, 5.74) is 0.884. The first-order valence-corrected chi connectivity index (χ1v) is 5.74. The van der Waals surface area contributed by atoms with E-state index in [0.29, 0.717) is 17.5 Å². The van der Waals surface area contributed by atoms with Gasteiger partial charge in [0.15, 0.2) is 0 Å². The van der Waals surface area contributed by atoms with Crippen molar-refractivity contribution < 1.29 is 9.13 Å². The molecule has 1 aromatic heterocycles. The van der Waals surface area contributed by atoms with Crippen LogP contribution in [-0.2, 0) is 5.88 Å². The topological polar surface area (TPSA) is 22.1 Å². The van der Waals surface area contributed by atoms with Crippen molar-refractivity contribution in [2.45, 2.75) is 5.88 Å². The average Bonchev–Trinajstić information content (AvgIpc) is 2.33. The molecule has 0 N–H and O–H groups in total. The Morgan fingerprint density at radius 3 is 2.76 bits per heavy atom. The average molecular weight is 272 g/mol. The van der Waals surface area contributed by atoms with E-state index in [1.165, 1.54) is 18.2 Å². The van der Waals surface area contributed by atoms with Crippen molar-refractivity contribution in [3.8, 4) is 11.6 Å². The minimum Gasteiger partial charge on any atom is -0.437 e. The molecule has 0 amide bonds. The van der Waals surface area contributed by atoms with Gasteiger partial charge in [-0.05, 0) is 29.8 Å². The summed E-state index contributed by atoms with van der Waals surface area (Å²) in [5, 5.41) is 0.197. The number of hydrogen-bond donors (Lipinski definition) is 0. The predicted octanol–water partition coefficient (Wildman–Crippen LogP) is 4.41. The highest BCUT2D eigenvalue weighted by molar-refractivity contribution is 6.32. The van der Waals surface area contributed by atoms with Crippen molar-refractivity contribution in [2.24, 2.45) is 0 Å². The van der Waals surface area contributed by atoms with Crippen LogP contribution in [0.25, 0.3) is 0 Å². The van der Waals surface area contributed by atoms with Crippen LogP contribution in [0.1, 0.15) is 5.56 Å². The highest BCUT2D eigenvalue weighted by Crippen LogP contribution is 2.29. The molecule has 1 aromatic carbocycles. The summed E-state index contributed by atoms with van der Waals surface area (Å²) in [6.45, 7) is 0. The van der Waals surface area contributed by atoms with Crippen LogP contribution >= 0.6 is 23.2 Å². The zero-order valence-electron chi connectivity index (χ0n) is 8.66. The molecule has 5 heteroatoms. The molecule has 88 valence electrons. The molecule has 2 nitrogen and oxygen atoms in total. The number of rotatable bonds is 3. The van der Waals surface area contributed by atoms with Gasteiger partial charge >= 0.3 is 0 Å². The molecule has 0 aliphatic heterocycles. The maximum absolute atomic E-state index is 12.8. The van der Waals surface area contributed by atoms with Gasteiger partial charge in [0.05, 0.1) is 5.02 Å². The molecular weight excluding hydrogens is 264 g/mol. The van der Waals surface area contributed by atoms with Crippen LogP contribution in [0.2, 0.25) is 5.02 Å². The number of nitrogens with zero attached hydrogens (tertiary/aromatic N) is 1. The van der Waals surface area contributed by atoms with E-state index in [9.17, 15) is 4.39 Å². The zero-order valence-corrected chi connectivity index (χ0v) is 10.2. The lowest BCUT2D eigenvalue weighted by Crippen LogP contribution is -1.90. The van der Waals surface area contributed by atoms with Gasteiger partial charge < -0.3 is 4.74 Å². The van der Waals surface area contributed by atoms with Gasteiger partial charge in [-0.15, -0.1) is 11.6 Å². The maximum Gasteiger partial charge on any atom is 0.219 e. The van der Waals surface area contributed by atoms with Crippen LogP contribution in [0.3, 0.4) is 0 Å². The molecule has 0 atom stereocenters. The van der Waals surface area contributed by atoms with Crippen LogP contribution in [0.5, 0.6) is 11.6 Å². The monoisotopic (exact) mass is 271 g/mol. The fourth-order valence-electron chi connectivity index (χ4n) is 1.26. The Bertz CT molecular complexity index is 534. The zero-order chi connectivity index (χ0) is 12.3. The van der Waals surface area contributed by atoms with Gasteiger partial charge in [-0.1, -0.05) is 11.6 Å². The van der Waals surface area contributed by atoms with Crippen LogP contribution in [-0.4, -0.2) is 4.98 Å². The number of aromatic nitrogens is 1. The molecule has 17 heavy (non-hydrogen) atoms. The van der Waals surface area contributed by atoms with Gasteiger partial charge in [0, 0.05) is 18.1 Å². The minimum absolute atomic E-state index is 0.197. The van der Waals surface area contributed by atoms with Crippen LogP contribution < -0.4 is 4.74 Å². The summed E-state index contributed by atoms with van der Waals surface area (Å²) in [4.78, 5) is 4.01. The summed E-state index contributed by atoms with van der Waals surface area (Å²) in [7, 11) is 0. The van der Waals surface area contributed by atoms with Crippen molar-refractivity contribution in [1.82, 2.24) is 4.98 Å². The highest BCUT2D eigenvalue weighted by Gasteiger charge is 2.05. The summed E-state index contributed by atoms with van der Waals surface area (Å²) in [6.07, 6.45) is 1.59. The lowest BCUT2D eigenvalue weighted by molar-refractivity contribution is 0.461. The first kappa shape index (κ1) is 12.1. The Morgan fingerprint density at radius 1 is 1.24 bits per heavy atom. The standard InChI is InChI=1S/C12H8Cl2FNO/c13-7-8-3-4-16-12(5-8)17-11-2-1-9(15)6-10(11)14/h1-6H,7H2. The number of hydrogen-bond acceptors (Lipinski definition) is 2. The van der Waals surface area contributed by atoms with E-state index in [0.717, 1.165) is 5.56 Å². The molecule has 2 aromatic rings. The third-order valence-corrected chi connectivity index (χ3v) is 2.67. The first-order valence-electron chi connectivity index (χ1n) is 4.83. The van der Waals surface area contributed by atoms with Crippen LogP contribution in [0.4, 0.5) is 4.39 Å². The lowest BCUT2D eigenvalue weighted by Gasteiger charge is -2.07. The third kappa shape index (κ3) is 3.08. The molecule has 0 saturated carbocycles. The van der Waals surface area contributed by atoms with E-state index in [-0.39, 0.29) is 5.02 Å². The Labute approximate surface area is 108 Å². The Kier molecular flexibility index (Phi) is 3.82. The van der Waals surface area contributed by atoms with Gasteiger partial charge in [-0.2, -0.15) is 0 Å². The second-order valence-electron chi connectivity index (χ2n) is 3.31. The molecule has 0 fully saturated rings. The smallest absolute Gasteiger partial charge is 0.219 e. The van der Waals surface area contributed by atoms with Gasteiger partial charge in [0.1, 0.15) is 11.6 Å². The summed E-state index contributed by atoms with van der Waals surface area (Å²) < 4.78 is 18.3. The van der Waals surface area contributed by atoms with Gasteiger partial charge in [0.25, 0.3) is 0 Å². The predicted molar refractivity (Wildman–Crippen MR) is 65.3 cm³/mol. The van der Waals surface area contributed by atoms with Crippen molar-refractivity contribution in [2.75, 3.05) is 0 Å². The number of alkyl halides is 1. The van der Waals surface area contributed by atoms with Gasteiger partial charge in [-0.25, -0.2) is 9.37 Å². The van der Waals surface area contributed by atoms with Gasteiger partial charge in [0.2, 0.25) is 5.88 Å². The number of halogens is 3.